The standard InChI is InChI=1S/C2H2Cl2F2O2S/c3-1(4)2(5,6)9(7)8/h1H,(H,7,8)/p-1. The summed E-state index contributed by atoms with van der Waals surface area (Å²) in [6.45, 7) is 0. The molecular weight excluding hydrogens is 197 g/mol. The third kappa shape index (κ3) is 2.33. The van der Waals surface area contributed by atoms with Crippen LogP contribution in [0.3, 0.4) is 0 Å². The van der Waals surface area contributed by atoms with Crippen LogP contribution in [0.2, 0.25) is 0 Å². The van der Waals surface area contributed by atoms with Gasteiger partial charge in [0.25, 0.3) is 0 Å². The summed E-state index contributed by atoms with van der Waals surface area (Å²) in [5.41, 5.74) is 0. The Morgan fingerprint density at radius 2 is 1.89 bits per heavy atom. The predicted octanol–water partition coefficient (Wildman–Crippen LogP) is 1.26. The lowest BCUT2D eigenvalue weighted by Gasteiger charge is -2.18. The van der Waals surface area contributed by atoms with Gasteiger partial charge < -0.3 is 4.55 Å². The van der Waals surface area contributed by atoms with Gasteiger partial charge in [0.05, 0.1) is 0 Å². The predicted molar refractivity (Wildman–Crippen MR) is 29.4 cm³/mol. The topological polar surface area (TPSA) is 40.1 Å². The molecule has 0 heterocycles. The van der Waals surface area contributed by atoms with Crippen LogP contribution < -0.4 is 0 Å². The molecule has 1 unspecified atom stereocenters. The molecule has 9 heavy (non-hydrogen) atoms. The van der Waals surface area contributed by atoms with Crippen LogP contribution in [0.25, 0.3) is 0 Å². The lowest BCUT2D eigenvalue weighted by atomic mass is 10.8. The molecule has 0 fully saturated rings. The van der Waals surface area contributed by atoms with Gasteiger partial charge in [0, 0.05) is 11.1 Å². The van der Waals surface area contributed by atoms with Crippen LogP contribution in [0.15, 0.2) is 0 Å². The largest absolute Gasteiger partial charge is 0.768 e. The molecule has 2 nitrogen and oxygen atoms in total. The van der Waals surface area contributed by atoms with E-state index >= 15 is 0 Å². The average Bonchev–Trinajstić information content (AvgIpc) is 1.65. The minimum atomic E-state index is -4.05. The fraction of sp³-hybridized carbons (Fsp3) is 1.00. The highest BCUT2D eigenvalue weighted by molar-refractivity contribution is 7.80. The first-order valence-electron chi connectivity index (χ1n) is 1.64. The second kappa shape index (κ2) is 3.09. The van der Waals surface area contributed by atoms with Gasteiger partial charge in [-0.15, -0.1) is 0 Å². The lowest BCUT2D eigenvalue weighted by molar-refractivity contribution is 0.104. The van der Waals surface area contributed by atoms with Crippen molar-refractivity contribution in [2.75, 3.05) is 0 Å². The van der Waals surface area contributed by atoms with Crippen molar-refractivity contribution in [1.82, 2.24) is 0 Å². The van der Waals surface area contributed by atoms with Crippen molar-refractivity contribution in [3.05, 3.63) is 0 Å². The molecule has 0 aliphatic carbocycles. The van der Waals surface area contributed by atoms with E-state index in [-0.39, 0.29) is 0 Å². The van der Waals surface area contributed by atoms with Crippen molar-refractivity contribution in [2.24, 2.45) is 0 Å². The van der Waals surface area contributed by atoms with Crippen molar-refractivity contribution < 1.29 is 17.5 Å². The lowest BCUT2D eigenvalue weighted by Crippen LogP contribution is -2.30. The second-order valence-electron chi connectivity index (χ2n) is 1.10. The van der Waals surface area contributed by atoms with E-state index in [1.165, 1.54) is 0 Å². The van der Waals surface area contributed by atoms with Crippen LogP contribution in [-0.4, -0.2) is 18.9 Å². The van der Waals surface area contributed by atoms with Crippen LogP contribution in [0.5, 0.6) is 0 Å². The Morgan fingerprint density at radius 1 is 1.56 bits per heavy atom. The highest BCUT2D eigenvalue weighted by Crippen LogP contribution is 2.28. The van der Waals surface area contributed by atoms with E-state index in [9.17, 15) is 17.5 Å². The summed E-state index contributed by atoms with van der Waals surface area (Å²) in [7, 11) is 0. The maximum absolute atomic E-state index is 11.8. The number of halogens is 4. The van der Waals surface area contributed by atoms with Gasteiger partial charge in [0.1, 0.15) is 0 Å². The highest BCUT2D eigenvalue weighted by Gasteiger charge is 2.38. The Bertz CT molecular complexity index is 128. The van der Waals surface area contributed by atoms with Gasteiger partial charge >= 0.3 is 5.25 Å². The van der Waals surface area contributed by atoms with Crippen LogP contribution in [0.4, 0.5) is 8.78 Å². The first kappa shape index (κ1) is 9.55. The molecule has 0 aliphatic heterocycles. The van der Waals surface area contributed by atoms with E-state index in [0.29, 0.717) is 0 Å². The maximum Gasteiger partial charge on any atom is 0.338 e. The highest BCUT2D eigenvalue weighted by atomic mass is 35.5. The molecule has 0 saturated carbocycles. The number of alkyl halides is 4. The van der Waals surface area contributed by atoms with Gasteiger partial charge in [-0.3, -0.25) is 4.21 Å². The van der Waals surface area contributed by atoms with Crippen molar-refractivity contribution in [1.29, 1.82) is 0 Å². The Hall–Kier alpha value is 0.550. The van der Waals surface area contributed by atoms with Crippen LogP contribution >= 0.6 is 23.2 Å². The van der Waals surface area contributed by atoms with Crippen molar-refractivity contribution in [2.45, 2.75) is 10.1 Å². The first-order valence-corrected chi connectivity index (χ1v) is 3.59. The van der Waals surface area contributed by atoms with Crippen LogP contribution in [0.1, 0.15) is 0 Å². The van der Waals surface area contributed by atoms with E-state index < -0.39 is 21.2 Å². The molecule has 7 heteroatoms. The molecule has 0 aliphatic rings. The monoisotopic (exact) mass is 197 g/mol. The Kier molecular flexibility index (Phi) is 3.28. The summed E-state index contributed by atoms with van der Waals surface area (Å²) in [6.07, 6.45) is 0. The minimum Gasteiger partial charge on any atom is -0.768 e. The van der Waals surface area contributed by atoms with Crippen molar-refractivity contribution in [3.8, 4) is 0 Å². The number of hydrogen-bond acceptors (Lipinski definition) is 2. The molecule has 0 aromatic rings. The van der Waals surface area contributed by atoms with E-state index in [4.69, 9.17) is 0 Å². The number of rotatable bonds is 2. The molecule has 0 aromatic carbocycles. The fourth-order valence-corrected chi connectivity index (χ4v) is 0.655. The third-order valence-electron chi connectivity index (χ3n) is 0.476. The maximum atomic E-state index is 11.8. The van der Waals surface area contributed by atoms with Crippen molar-refractivity contribution >= 4 is 34.3 Å². The van der Waals surface area contributed by atoms with Gasteiger partial charge in [-0.2, -0.15) is 8.78 Å². The molecule has 0 saturated heterocycles. The molecule has 0 amide bonds. The van der Waals surface area contributed by atoms with Crippen LogP contribution in [-0.2, 0) is 11.1 Å². The summed E-state index contributed by atoms with van der Waals surface area (Å²) in [6, 6.07) is 0. The molecular formula is C2HCl2F2O2S-. The number of hydrogen-bond donors (Lipinski definition) is 0. The van der Waals surface area contributed by atoms with Gasteiger partial charge in [-0.1, -0.05) is 23.2 Å². The summed E-state index contributed by atoms with van der Waals surface area (Å²) >= 11 is 5.62. The Balaban J connectivity index is 4.19. The summed E-state index contributed by atoms with van der Waals surface area (Å²) < 4.78 is 42.7. The Labute approximate surface area is 62.4 Å². The van der Waals surface area contributed by atoms with E-state index in [2.05, 4.69) is 23.2 Å². The second-order valence-corrected chi connectivity index (χ2v) is 3.21. The van der Waals surface area contributed by atoms with E-state index in [0.717, 1.165) is 0 Å². The van der Waals surface area contributed by atoms with Crippen LogP contribution in [0, 0.1) is 0 Å². The molecule has 0 aromatic heterocycles. The van der Waals surface area contributed by atoms with Gasteiger partial charge in [0.15, 0.2) is 4.84 Å². The van der Waals surface area contributed by atoms with Crippen molar-refractivity contribution in [3.63, 3.8) is 0 Å². The van der Waals surface area contributed by atoms with E-state index in [1.807, 2.05) is 0 Å². The van der Waals surface area contributed by atoms with Gasteiger partial charge in [0.2, 0.25) is 0 Å². The van der Waals surface area contributed by atoms with E-state index in [1.54, 1.807) is 0 Å². The smallest absolute Gasteiger partial charge is 0.338 e. The third-order valence-corrected chi connectivity index (χ3v) is 1.96. The fourth-order valence-electron chi connectivity index (χ4n) is 0.0727. The summed E-state index contributed by atoms with van der Waals surface area (Å²) in [5.74, 6) is 0. The molecule has 0 bridgehead atoms. The zero-order valence-corrected chi connectivity index (χ0v) is 6.14. The van der Waals surface area contributed by atoms with Gasteiger partial charge in [-0.25, -0.2) is 0 Å². The zero-order valence-electron chi connectivity index (χ0n) is 3.81. The molecule has 0 rings (SSSR count). The zero-order chi connectivity index (χ0) is 7.65. The molecule has 56 valence electrons. The SMILES string of the molecule is O=S([O-])C(F)(F)C(Cl)Cl. The van der Waals surface area contributed by atoms with Gasteiger partial charge in [-0.05, 0) is 0 Å². The normalized spacial score (nSPS) is 16.2. The summed E-state index contributed by atoms with van der Waals surface area (Å²) in [5, 5.41) is -4.05. The summed E-state index contributed by atoms with van der Waals surface area (Å²) in [4.78, 5) is -2.21. The molecule has 0 N–H and O–H groups in total. The molecule has 0 radical (unpaired) electrons. The quantitative estimate of drug-likeness (QED) is 0.495. The minimum absolute atomic E-state index is 2.21. The molecule has 1 atom stereocenters. The first-order chi connectivity index (χ1) is 3.89. The molecule has 0 spiro atoms. The Morgan fingerprint density at radius 3 is 1.89 bits per heavy atom. The average molecular weight is 198 g/mol.